The highest BCUT2D eigenvalue weighted by atomic mass is 16.5. The van der Waals surface area contributed by atoms with Crippen LogP contribution in [0.3, 0.4) is 0 Å². The minimum absolute atomic E-state index is 0.392. The van der Waals surface area contributed by atoms with E-state index in [-0.39, 0.29) is 0 Å². The van der Waals surface area contributed by atoms with Crippen LogP contribution in [0.25, 0.3) is 21.7 Å². The van der Waals surface area contributed by atoms with Crippen molar-refractivity contribution in [2.45, 2.75) is 19.4 Å². The SMILES string of the molecule is C=CCCc1c(C(=O)OC)c2cc(OC(=O)c3ccccc3)c3ccccc3c2n1CC=C. The van der Waals surface area contributed by atoms with Gasteiger partial charge in [0.1, 0.15) is 5.75 Å². The van der Waals surface area contributed by atoms with E-state index >= 15 is 0 Å². The van der Waals surface area contributed by atoms with E-state index in [4.69, 9.17) is 9.47 Å². The molecule has 0 saturated heterocycles. The average molecular weight is 440 g/mol. The number of allylic oxidation sites excluding steroid dienone is 2. The molecule has 0 saturated carbocycles. The van der Waals surface area contributed by atoms with Crippen molar-refractivity contribution >= 4 is 33.6 Å². The molecular weight excluding hydrogens is 414 g/mol. The zero-order chi connectivity index (χ0) is 23.4. The van der Waals surface area contributed by atoms with Gasteiger partial charge in [0.05, 0.1) is 23.8 Å². The molecule has 1 aromatic heterocycles. The first-order valence-electron chi connectivity index (χ1n) is 10.7. The fraction of sp³-hybridized carbons (Fsp3) is 0.143. The molecule has 166 valence electrons. The molecule has 0 aliphatic rings. The van der Waals surface area contributed by atoms with E-state index in [2.05, 4.69) is 17.7 Å². The monoisotopic (exact) mass is 439 g/mol. The van der Waals surface area contributed by atoms with Crippen molar-refractivity contribution in [2.24, 2.45) is 0 Å². The lowest BCUT2D eigenvalue weighted by Crippen LogP contribution is -2.09. The molecule has 33 heavy (non-hydrogen) atoms. The molecule has 0 bridgehead atoms. The molecular formula is C28H25NO4. The number of fused-ring (bicyclic) bond motifs is 3. The van der Waals surface area contributed by atoms with E-state index in [1.54, 1.807) is 36.4 Å². The van der Waals surface area contributed by atoms with Crippen LogP contribution in [-0.2, 0) is 17.7 Å². The Hall–Kier alpha value is -4.12. The molecule has 0 spiro atoms. The van der Waals surface area contributed by atoms with Crippen LogP contribution in [0.2, 0.25) is 0 Å². The number of benzene rings is 3. The minimum atomic E-state index is -0.461. The number of methoxy groups -OCH3 is 1. The number of nitrogens with zero attached hydrogens (tertiary/aromatic N) is 1. The molecule has 0 N–H and O–H groups in total. The molecule has 1 heterocycles. The van der Waals surface area contributed by atoms with E-state index in [9.17, 15) is 9.59 Å². The summed E-state index contributed by atoms with van der Waals surface area (Å²) in [5, 5.41) is 2.34. The second-order valence-corrected chi connectivity index (χ2v) is 7.61. The first-order chi connectivity index (χ1) is 16.1. The quantitative estimate of drug-likeness (QED) is 0.189. The van der Waals surface area contributed by atoms with Gasteiger partial charge in [0.25, 0.3) is 0 Å². The lowest BCUT2D eigenvalue weighted by atomic mass is 10.0. The highest BCUT2D eigenvalue weighted by Gasteiger charge is 2.26. The van der Waals surface area contributed by atoms with Gasteiger partial charge in [0, 0.05) is 28.4 Å². The van der Waals surface area contributed by atoms with Gasteiger partial charge < -0.3 is 14.0 Å². The van der Waals surface area contributed by atoms with Gasteiger partial charge in [0.2, 0.25) is 0 Å². The fourth-order valence-corrected chi connectivity index (χ4v) is 4.21. The number of carbonyl (C=O) groups is 2. The third-order valence-electron chi connectivity index (χ3n) is 5.63. The number of ether oxygens (including phenoxy) is 2. The highest BCUT2D eigenvalue weighted by molar-refractivity contribution is 6.16. The van der Waals surface area contributed by atoms with E-state index in [0.29, 0.717) is 41.6 Å². The van der Waals surface area contributed by atoms with Crippen molar-refractivity contribution in [1.82, 2.24) is 4.57 Å². The first-order valence-corrected chi connectivity index (χ1v) is 10.7. The summed E-state index contributed by atoms with van der Waals surface area (Å²) in [6.45, 7) is 8.25. The lowest BCUT2D eigenvalue weighted by molar-refractivity contribution is 0.0601. The molecule has 3 aromatic carbocycles. The van der Waals surface area contributed by atoms with Gasteiger partial charge in [0.15, 0.2) is 0 Å². The van der Waals surface area contributed by atoms with Gasteiger partial charge in [-0.15, -0.1) is 13.2 Å². The smallest absolute Gasteiger partial charge is 0.343 e. The summed E-state index contributed by atoms with van der Waals surface area (Å²) >= 11 is 0. The van der Waals surface area contributed by atoms with Crippen molar-refractivity contribution in [3.05, 3.63) is 103 Å². The Balaban J connectivity index is 2.02. The van der Waals surface area contributed by atoms with Gasteiger partial charge in [-0.2, -0.15) is 0 Å². The summed E-state index contributed by atoms with van der Waals surface area (Å²) in [4.78, 5) is 25.8. The Morgan fingerprint density at radius 3 is 2.27 bits per heavy atom. The maximum atomic E-state index is 12.9. The molecule has 0 amide bonds. The van der Waals surface area contributed by atoms with Crippen LogP contribution < -0.4 is 4.74 Å². The number of carbonyl (C=O) groups excluding carboxylic acids is 2. The molecule has 0 aliphatic carbocycles. The first kappa shape index (κ1) is 22.1. The molecule has 5 heteroatoms. The Morgan fingerprint density at radius 2 is 1.61 bits per heavy atom. The van der Waals surface area contributed by atoms with Crippen LogP contribution in [0.15, 0.2) is 86.0 Å². The molecule has 5 nitrogen and oxygen atoms in total. The van der Waals surface area contributed by atoms with E-state index < -0.39 is 11.9 Å². The molecule has 0 fully saturated rings. The van der Waals surface area contributed by atoms with Gasteiger partial charge in [-0.1, -0.05) is 54.6 Å². The summed E-state index contributed by atoms with van der Waals surface area (Å²) < 4.78 is 13.1. The lowest BCUT2D eigenvalue weighted by Gasteiger charge is -2.12. The molecule has 0 atom stereocenters. The third kappa shape index (κ3) is 4.05. The summed E-state index contributed by atoms with van der Waals surface area (Å²) in [7, 11) is 1.37. The van der Waals surface area contributed by atoms with E-state index in [1.165, 1.54) is 7.11 Å². The van der Waals surface area contributed by atoms with Crippen LogP contribution in [0.5, 0.6) is 5.75 Å². The van der Waals surface area contributed by atoms with Crippen LogP contribution >= 0.6 is 0 Å². The maximum Gasteiger partial charge on any atom is 0.343 e. The Bertz CT molecular complexity index is 1370. The summed E-state index contributed by atoms with van der Waals surface area (Å²) in [5.41, 5.74) is 2.64. The average Bonchev–Trinajstić information content (AvgIpc) is 3.16. The van der Waals surface area contributed by atoms with Crippen molar-refractivity contribution < 1.29 is 19.1 Å². The molecule has 4 aromatic rings. The molecule has 0 radical (unpaired) electrons. The van der Waals surface area contributed by atoms with Crippen LogP contribution in [0, 0.1) is 0 Å². The normalized spacial score (nSPS) is 10.8. The van der Waals surface area contributed by atoms with Crippen molar-refractivity contribution in [2.75, 3.05) is 7.11 Å². The highest BCUT2D eigenvalue weighted by Crippen LogP contribution is 2.39. The number of rotatable bonds is 8. The number of aromatic nitrogens is 1. The molecule has 0 unspecified atom stereocenters. The van der Waals surface area contributed by atoms with Crippen molar-refractivity contribution in [3.8, 4) is 5.75 Å². The summed E-state index contributed by atoms with van der Waals surface area (Å²) in [6.07, 6.45) is 4.94. The zero-order valence-corrected chi connectivity index (χ0v) is 18.5. The van der Waals surface area contributed by atoms with Crippen LogP contribution in [0.1, 0.15) is 32.8 Å². The second-order valence-electron chi connectivity index (χ2n) is 7.61. The topological polar surface area (TPSA) is 57.5 Å². The van der Waals surface area contributed by atoms with Crippen LogP contribution in [0.4, 0.5) is 0 Å². The predicted octanol–water partition coefficient (Wildman–Crippen LogP) is 6.10. The maximum absolute atomic E-state index is 12.9. The number of esters is 2. The minimum Gasteiger partial charge on any atom is -0.465 e. The number of hydrogen-bond donors (Lipinski definition) is 0. The molecule has 0 aliphatic heterocycles. The molecule has 4 rings (SSSR count). The van der Waals surface area contributed by atoms with Crippen molar-refractivity contribution in [3.63, 3.8) is 0 Å². The van der Waals surface area contributed by atoms with Gasteiger partial charge >= 0.3 is 11.9 Å². The van der Waals surface area contributed by atoms with Crippen LogP contribution in [-0.4, -0.2) is 23.6 Å². The predicted molar refractivity (Wildman–Crippen MR) is 131 cm³/mol. The zero-order valence-electron chi connectivity index (χ0n) is 18.5. The van der Waals surface area contributed by atoms with E-state index in [0.717, 1.165) is 22.0 Å². The largest absolute Gasteiger partial charge is 0.465 e. The Labute approximate surface area is 192 Å². The second kappa shape index (κ2) is 9.57. The van der Waals surface area contributed by atoms with E-state index in [1.807, 2.05) is 36.4 Å². The third-order valence-corrected chi connectivity index (χ3v) is 5.63. The summed E-state index contributed by atoms with van der Waals surface area (Å²) in [5.74, 6) is -0.502. The standard InChI is InChI=1S/C28H25NO4/c1-4-6-16-23-25(28(31)32-3)22-18-24(33-27(30)19-12-8-7-9-13-19)20-14-10-11-15-21(20)26(22)29(23)17-5-2/h4-5,7-15,18H,1-2,6,16-17H2,3H3. The van der Waals surface area contributed by atoms with Gasteiger partial charge in [-0.3, -0.25) is 0 Å². The van der Waals surface area contributed by atoms with Gasteiger partial charge in [-0.25, -0.2) is 9.59 Å². The van der Waals surface area contributed by atoms with Gasteiger partial charge in [-0.05, 0) is 31.0 Å². The Kier molecular flexibility index (Phi) is 6.41. The van der Waals surface area contributed by atoms with Crippen molar-refractivity contribution in [1.29, 1.82) is 0 Å². The summed E-state index contributed by atoms with van der Waals surface area (Å²) in [6, 6.07) is 18.3. The Morgan fingerprint density at radius 1 is 0.909 bits per heavy atom. The fourth-order valence-electron chi connectivity index (χ4n) is 4.21. The number of hydrogen-bond acceptors (Lipinski definition) is 4.